The summed E-state index contributed by atoms with van der Waals surface area (Å²) < 4.78 is 0. The summed E-state index contributed by atoms with van der Waals surface area (Å²) in [6, 6.07) is 9.07. The first-order valence-corrected chi connectivity index (χ1v) is 7.55. The van der Waals surface area contributed by atoms with E-state index in [2.05, 4.69) is 17.0 Å². The first kappa shape index (κ1) is 14.3. The second kappa shape index (κ2) is 6.00. The van der Waals surface area contributed by atoms with Crippen molar-refractivity contribution in [2.24, 2.45) is 0 Å². The molecule has 2 heterocycles. The van der Waals surface area contributed by atoms with Crippen molar-refractivity contribution in [1.29, 1.82) is 0 Å². The number of nitrogens with zero attached hydrogens (tertiary/aromatic N) is 1. The Kier molecular flexibility index (Phi) is 4.08. The van der Waals surface area contributed by atoms with Gasteiger partial charge in [0.1, 0.15) is 0 Å². The highest BCUT2D eigenvalue weighted by atomic mass is 16.4. The quantitative estimate of drug-likeness (QED) is 0.834. The largest absolute Gasteiger partial charge is 0.478 e. The third-order valence-corrected chi connectivity index (χ3v) is 4.62. The van der Waals surface area contributed by atoms with Gasteiger partial charge >= 0.3 is 5.97 Å². The SMILES string of the molecule is O=C(O)C=Cc1ccc(CN2C3CCC2CC(O)C3)cc1. The van der Waals surface area contributed by atoms with Crippen molar-refractivity contribution in [3.63, 3.8) is 0 Å². The summed E-state index contributed by atoms with van der Waals surface area (Å²) in [5.41, 5.74) is 2.15. The van der Waals surface area contributed by atoms with Gasteiger partial charge in [-0.3, -0.25) is 4.90 Å². The molecular formula is C17H21NO3. The van der Waals surface area contributed by atoms with Crippen molar-refractivity contribution in [2.45, 2.75) is 50.4 Å². The first-order chi connectivity index (χ1) is 10.1. The maximum atomic E-state index is 10.5. The molecule has 0 amide bonds. The molecule has 1 aromatic carbocycles. The Morgan fingerprint density at radius 1 is 1.19 bits per heavy atom. The smallest absolute Gasteiger partial charge is 0.328 e. The van der Waals surface area contributed by atoms with Crippen molar-refractivity contribution >= 4 is 12.0 Å². The Morgan fingerprint density at radius 2 is 1.81 bits per heavy atom. The minimum absolute atomic E-state index is 0.123. The second-order valence-corrected chi connectivity index (χ2v) is 6.10. The number of piperidine rings is 1. The van der Waals surface area contributed by atoms with E-state index >= 15 is 0 Å². The van der Waals surface area contributed by atoms with Crippen molar-refractivity contribution in [3.05, 3.63) is 41.5 Å². The molecule has 4 nitrogen and oxygen atoms in total. The van der Waals surface area contributed by atoms with Crippen LogP contribution in [0.2, 0.25) is 0 Å². The van der Waals surface area contributed by atoms with Crippen LogP contribution in [0.4, 0.5) is 0 Å². The van der Waals surface area contributed by atoms with Gasteiger partial charge in [0.15, 0.2) is 0 Å². The summed E-state index contributed by atoms with van der Waals surface area (Å²) in [5, 5.41) is 18.5. The molecule has 2 aliphatic heterocycles. The lowest BCUT2D eigenvalue weighted by molar-refractivity contribution is -0.131. The van der Waals surface area contributed by atoms with Crippen LogP contribution in [-0.4, -0.2) is 39.3 Å². The molecule has 2 bridgehead atoms. The van der Waals surface area contributed by atoms with Gasteiger partial charge in [-0.2, -0.15) is 0 Å². The molecule has 0 radical (unpaired) electrons. The third-order valence-electron chi connectivity index (χ3n) is 4.62. The lowest BCUT2D eigenvalue weighted by atomic mass is 9.99. The molecule has 4 heteroatoms. The van der Waals surface area contributed by atoms with Gasteiger partial charge < -0.3 is 10.2 Å². The average Bonchev–Trinajstić information content (AvgIpc) is 2.69. The summed E-state index contributed by atoms with van der Waals surface area (Å²) in [4.78, 5) is 13.0. The zero-order chi connectivity index (χ0) is 14.8. The molecule has 112 valence electrons. The summed E-state index contributed by atoms with van der Waals surface area (Å²) in [6.07, 6.45) is 6.82. The molecule has 0 aromatic heterocycles. The van der Waals surface area contributed by atoms with E-state index in [0.29, 0.717) is 12.1 Å². The van der Waals surface area contributed by atoms with Gasteiger partial charge in [0.05, 0.1) is 6.10 Å². The van der Waals surface area contributed by atoms with Gasteiger partial charge in [0.25, 0.3) is 0 Å². The lowest BCUT2D eigenvalue weighted by Crippen LogP contribution is -2.44. The fourth-order valence-electron chi connectivity index (χ4n) is 3.62. The molecule has 0 saturated carbocycles. The fraction of sp³-hybridized carbons (Fsp3) is 0.471. The number of aliphatic hydroxyl groups excluding tert-OH is 1. The first-order valence-electron chi connectivity index (χ1n) is 7.55. The normalized spacial score (nSPS) is 29.1. The Labute approximate surface area is 124 Å². The number of aliphatic carboxylic acids is 1. The molecule has 0 spiro atoms. The fourth-order valence-corrected chi connectivity index (χ4v) is 3.62. The predicted octanol–water partition coefficient (Wildman–Crippen LogP) is 2.27. The van der Waals surface area contributed by atoms with Crippen molar-refractivity contribution < 1.29 is 15.0 Å². The van der Waals surface area contributed by atoms with Crippen molar-refractivity contribution in [2.75, 3.05) is 0 Å². The van der Waals surface area contributed by atoms with E-state index in [-0.39, 0.29) is 6.10 Å². The van der Waals surface area contributed by atoms with E-state index in [1.54, 1.807) is 6.08 Å². The van der Waals surface area contributed by atoms with E-state index in [1.807, 2.05) is 12.1 Å². The van der Waals surface area contributed by atoms with Crippen molar-refractivity contribution in [3.8, 4) is 0 Å². The molecule has 21 heavy (non-hydrogen) atoms. The molecule has 2 aliphatic rings. The van der Waals surface area contributed by atoms with E-state index in [1.165, 1.54) is 18.4 Å². The Morgan fingerprint density at radius 3 is 2.38 bits per heavy atom. The standard InChI is InChI=1S/C17H21NO3/c19-16-9-14-6-7-15(10-16)18(14)11-13-3-1-12(2-4-13)5-8-17(20)21/h1-5,8,14-16,19H,6-7,9-11H2,(H,20,21). The van der Waals surface area contributed by atoms with Gasteiger partial charge in [-0.05, 0) is 42.9 Å². The number of benzene rings is 1. The van der Waals surface area contributed by atoms with Gasteiger partial charge in [0, 0.05) is 24.7 Å². The van der Waals surface area contributed by atoms with Crippen LogP contribution in [0.25, 0.3) is 6.08 Å². The van der Waals surface area contributed by atoms with Crippen LogP contribution < -0.4 is 0 Å². The molecular weight excluding hydrogens is 266 g/mol. The molecule has 3 rings (SSSR count). The summed E-state index contributed by atoms with van der Waals surface area (Å²) >= 11 is 0. The maximum Gasteiger partial charge on any atom is 0.328 e. The van der Waals surface area contributed by atoms with Crippen LogP contribution in [0, 0.1) is 0 Å². The van der Waals surface area contributed by atoms with E-state index < -0.39 is 5.97 Å². The van der Waals surface area contributed by atoms with Gasteiger partial charge in [-0.15, -0.1) is 0 Å². The topological polar surface area (TPSA) is 60.8 Å². The number of rotatable bonds is 4. The highest BCUT2D eigenvalue weighted by Crippen LogP contribution is 2.36. The Hall–Kier alpha value is -1.65. The maximum absolute atomic E-state index is 10.5. The molecule has 2 saturated heterocycles. The van der Waals surface area contributed by atoms with Crippen LogP contribution in [0.1, 0.15) is 36.8 Å². The minimum atomic E-state index is -0.928. The molecule has 1 aromatic rings. The van der Waals surface area contributed by atoms with Crippen LogP contribution in [-0.2, 0) is 11.3 Å². The van der Waals surface area contributed by atoms with Crippen LogP contribution >= 0.6 is 0 Å². The van der Waals surface area contributed by atoms with Gasteiger partial charge in [-0.1, -0.05) is 24.3 Å². The number of carbonyl (C=O) groups is 1. The number of hydrogen-bond donors (Lipinski definition) is 2. The average molecular weight is 287 g/mol. The van der Waals surface area contributed by atoms with E-state index in [4.69, 9.17) is 5.11 Å². The second-order valence-electron chi connectivity index (χ2n) is 6.10. The van der Waals surface area contributed by atoms with Gasteiger partial charge in [-0.25, -0.2) is 4.79 Å². The van der Waals surface area contributed by atoms with Gasteiger partial charge in [0.2, 0.25) is 0 Å². The summed E-state index contributed by atoms with van der Waals surface area (Å²) in [5.74, 6) is -0.928. The molecule has 2 fully saturated rings. The zero-order valence-corrected chi connectivity index (χ0v) is 12.0. The Bertz CT molecular complexity index is 523. The number of carboxylic acids is 1. The number of hydrogen-bond acceptors (Lipinski definition) is 3. The predicted molar refractivity (Wildman–Crippen MR) is 80.7 cm³/mol. The molecule has 2 unspecified atom stereocenters. The zero-order valence-electron chi connectivity index (χ0n) is 12.0. The van der Waals surface area contributed by atoms with E-state index in [0.717, 1.165) is 31.0 Å². The highest BCUT2D eigenvalue weighted by Gasteiger charge is 2.39. The molecule has 2 N–H and O–H groups in total. The lowest BCUT2D eigenvalue weighted by Gasteiger charge is -2.37. The number of carboxylic acid groups (broad SMARTS) is 1. The summed E-state index contributed by atoms with van der Waals surface area (Å²) in [6.45, 7) is 0.922. The van der Waals surface area contributed by atoms with E-state index in [9.17, 15) is 9.90 Å². The third kappa shape index (κ3) is 3.34. The Balaban J connectivity index is 1.65. The van der Waals surface area contributed by atoms with Crippen LogP contribution in [0.3, 0.4) is 0 Å². The van der Waals surface area contributed by atoms with Crippen molar-refractivity contribution in [1.82, 2.24) is 4.90 Å². The summed E-state index contributed by atoms with van der Waals surface area (Å²) in [7, 11) is 0. The highest BCUT2D eigenvalue weighted by molar-refractivity contribution is 5.85. The van der Waals surface area contributed by atoms with Crippen LogP contribution in [0.15, 0.2) is 30.3 Å². The monoisotopic (exact) mass is 287 g/mol. The number of fused-ring (bicyclic) bond motifs is 2. The minimum Gasteiger partial charge on any atom is -0.478 e. The molecule has 2 atom stereocenters. The number of aliphatic hydroxyl groups is 1. The molecule has 0 aliphatic carbocycles. The van der Waals surface area contributed by atoms with Crippen LogP contribution in [0.5, 0.6) is 0 Å².